The molecule has 0 aliphatic carbocycles. The van der Waals surface area contributed by atoms with Gasteiger partial charge in [0.1, 0.15) is 5.75 Å². The van der Waals surface area contributed by atoms with E-state index in [2.05, 4.69) is 16.0 Å². The number of amides is 1. The Labute approximate surface area is 112 Å². The molecule has 0 heterocycles. The van der Waals surface area contributed by atoms with Gasteiger partial charge in [-0.2, -0.15) is 0 Å². The van der Waals surface area contributed by atoms with Crippen LogP contribution in [0.1, 0.15) is 5.56 Å². The van der Waals surface area contributed by atoms with E-state index in [4.69, 9.17) is 17.0 Å². The summed E-state index contributed by atoms with van der Waals surface area (Å²) in [6, 6.07) is 7.68. The lowest BCUT2D eigenvalue weighted by molar-refractivity contribution is -0.119. The summed E-state index contributed by atoms with van der Waals surface area (Å²) in [5.41, 5.74) is 1.08. The minimum absolute atomic E-state index is 0.108. The minimum atomic E-state index is -0.108. The van der Waals surface area contributed by atoms with Crippen molar-refractivity contribution in [2.75, 3.05) is 20.7 Å². The molecule has 0 radical (unpaired) electrons. The van der Waals surface area contributed by atoms with Crippen molar-refractivity contribution in [1.29, 1.82) is 0 Å². The highest BCUT2D eigenvalue weighted by molar-refractivity contribution is 7.80. The topological polar surface area (TPSA) is 62.4 Å². The molecule has 1 aromatic carbocycles. The van der Waals surface area contributed by atoms with Gasteiger partial charge < -0.3 is 20.7 Å². The summed E-state index contributed by atoms with van der Waals surface area (Å²) in [5.74, 6) is 0.711. The van der Waals surface area contributed by atoms with Crippen LogP contribution in [0.3, 0.4) is 0 Å². The Bertz CT molecular complexity index is 406. The van der Waals surface area contributed by atoms with E-state index in [9.17, 15) is 4.79 Å². The largest absolute Gasteiger partial charge is 0.497 e. The Morgan fingerprint density at radius 2 is 1.94 bits per heavy atom. The van der Waals surface area contributed by atoms with E-state index in [-0.39, 0.29) is 12.5 Å². The van der Waals surface area contributed by atoms with Gasteiger partial charge in [0.15, 0.2) is 5.11 Å². The maximum absolute atomic E-state index is 11.0. The molecule has 5 nitrogen and oxygen atoms in total. The van der Waals surface area contributed by atoms with Gasteiger partial charge >= 0.3 is 0 Å². The molecule has 6 heteroatoms. The summed E-state index contributed by atoms with van der Waals surface area (Å²) in [6.07, 6.45) is 0. The van der Waals surface area contributed by atoms with Crippen LogP contribution in [-0.2, 0) is 11.3 Å². The number of thiocarbonyl (C=S) groups is 1. The second-order valence-electron chi connectivity index (χ2n) is 3.56. The van der Waals surface area contributed by atoms with Gasteiger partial charge in [-0.3, -0.25) is 4.79 Å². The fraction of sp³-hybridized carbons (Fsp3) is 0.333. The molecule has 0 atom stereocenters. The first-order valence-electron chi connectivity index (χ1n) is 5.51. The van der Waals surface area contributed by atoms with E-state index >= 15 is 0 Å². The number of carbonyl (C=O) groups excluding carboxylic acids is 1. The Morgan fingerprint density at radius 3 is 2.50 bits per heavy atom. The molecule has 18 heavy (non-hydrogen) atoms. The van der Waals surface area contributed by atoms with Crippen molar-refractivity contribution in [3.63, 3.8) is 0 Å². The summed E-state index contributed by atoms with van der Waals surface area (Å²) in [6.45, 7) is 0.772. The zero-order valence-corrected chi connectivity index (χ0v) is 11.3. The van der Waals surface area contributed by atoms with Crippen LogP contribution in [0, 0.1) is 0 Å². The minimum Gasteiger partial charge on any atom is -0.497 e. The predicted molar refractivity (Wildman–Crippen MR) is 74.5 cm³/mol. The molecule has 0 aromatic heterocycles. The Balaban J connectivity index is 2.31. The third-order valence-corrected chi connectivity index (χ3v) is 2.59. The molecule has 0 saturated carbocycles. The number of rotatable bonds is 5. The van der Waals surface area contributed by atoms with Gasteiger partial charge in [-0.1, -0.05) is 12.1 Å². The summed E-state index contributed by atoms with van der Waals surface area (Å²) in [7, 11) is 3.21. The van der Waals surface area contributed by atoms with Crippen molar-refractivity contribution in [2.45, 2.75) is 6.54 Å². The van der Waals surface area contributed by atoms with Gasteiger partial charge in [-0.05, 0) is 29.9 Å². The van der Waals surface area contributed by atoms with Crippen molar-refractivity contribution >= 4 is 23.2 Å². The third kappa shape index (κ3) is 5.01. The van der Waals surface area contributed by atoms with Gasteiger partial charge in [0.2, 0.25) is 5.91 Å². The summed E-state index contributed by atoms with van der Waals surface area (Å²) >= 11 is 5.04. The number of ether oxygens (including phenoxy) is 1. The number of nitrogens with one attached hydrogen (secondary N) is 3. The molecule has 1 aromatic rings. The van der Waals surface area contributed by atoms with Crippen molar-refractivity contribution < 1.29 is 9.53 Å². The van der Waals surface area contributed by atoms with Crippen LogP contribution in [0.5, 0.6) is 5.75 Å². The van der Waals surface area contributed by atoms with E-state index in [0.29, 0.717) is 11.7 Å². The van der Waals surface area contributed by atoms with E-state index < -0.39 is 0 Å². The lowest BCUT2D eigenvalue weighted by Crippen LogP contribution is -2.40. The zero-order chi connectivity index (χ0) is 13.4. The van der Waals surface area contributed by atoms with E-state index in [0.717, 1.165) is 11.3 Å². The average molecular weight is 267 g/mol. The standard InChI is InChI=1S/C12H17N3O2S/c1-13-11(16)8-15-12(18)14-7-9-3-5-10(17-2)6-4-9/h3-6H,7-8H2,1-2H3,(H,13,16)(H2,14,15,18). The normalized spacial score (nSPS) is 9.44. The number of carbonyl (C=O) groups is 1. The van der Waals surface area contributed by atoms with Gasteiger partial charge in [0, 0.05) is 13.6 Å². The van der Waals surface area contributed by atoms with Gasteiger partial charge in [0.05, 0.1) is 13.7 Å². The summed E-state index contributed by atoms with van der Waals surface area (Å²) < 4.78 is 5.07. The Morgan fingerprint density at radius 1 is 1.28 bits per heavy atom. The van der Waals surface area contributed by atoms with Crippen molar-refractivity contribution in [2.24, 2.45) is 0 Å². The van der Waals surface area contributed by atoms with Crippen LogP contribution >= 0.6 is 12.2 Å². The molecule has 0 aliphatic heterocycles. The summed E-state index contributed by atoms with van der Waals surface area (Å²) in [5, 5.41) is 8.78. The third-order valence-electron chi connectivity index (χ3n) is 2.30. The van der Waals surface area contributed by atoms with Crippen LogP contribution in [0.2, 0.25) is 0 Å². The molecule has 0 saturated heterocycles. The number of benzene rings is 1. The predicted octanol–water partition coefficient (Wildman–Crippen LogP) is 0.405. The fourth-order valence-corrected chi connectivity index (χ4v) is 1.38. The molecule has 0 spiro atoms. The lowest BCUT2D eigenvalue weighted by atomic mass is 10.2. The average Bonchev–Trinajstić information content (AvgIpc) is 2.42. The highest BCUT2D eigenvalue weighted by Gasteiger charge is 2.00. The van der Waals surface area contributed by atoms with Crippen LogP contribution in [0.25, 0.3) is 0 Å². The molecule has 3 N–H and O–H groups in total. The molecule has 0 fully saturated rings. The molecular formula is C12H17N3O2S. The van der Waals surface area contributed by atoms with Crippen molar-refractivity contribution in [3.05, 3.63) is 29.8 Å². The first kappa shape index (κ1) is 14.2. The SMILES string of the molecule is CNC(=O)CNC(=S)NCc1ccc(OC)cc1. The molecular weight excluding hydrogens is 250 g/mol. The second-order valence-corrected chi connectivity index (χ2v) is 3.97. The monoisotopic (exact) mass is 267 g/mol. The number of hydrogen-bond donors (Lipinski definition) is 3. The maximum atomic E-state index is 11.0. The first-order chi connectivity index (χ1) is 8.65. The van der Waals surface area contributed by atoms with Gasteiger partial charge in [-0.25, -0.2) is 0 Å². The highest BCUT2D eigenvalue weighted by atomic mass is 32.1. The quantitative estimate of drug-likeness (QED) is 0.674. The lowest BCUT2D eigenvalue weighted by Gasteiger charge is -2.10. The van der Waals surface area contributed by atoms with Crippen molar-refractivity contribution in [1.82, 2.24) is 16.0 Å². The van der Waals surface area contributed by atoms with E-state index in [1.807, 2.05) is 24.3 Å². The molecule has 1 rings (SSSR count). The van der Waals surface area contributed by atoms with Crippen LogP contribution in [0.15, 0.2) is 24.3 Å². The molecule has 0 aliphatic rings. The van der Waals surface area contributed by atoms with Crippen LogP contribution < -0.4 is 20.7 Å². The Kier molecular flexibility index (Phi) is 5.93. The van der Waals surface area contributed by atoms with Gasteiger partial charge in [-0.15, -0.1) is 0 Å². The van der Waals surface area contributed by atoms with E-state index in [1.165, 1.54) is 0 Å². The van der Waals surface area contributed by atoms with Crippen molar-refractivity contribution in [3.8, 4) is 5.75 Å². The summed E-state index contributed by atoms with van der Waals surface area (Å²) in [4.78, 5) is 11.0. The molecule has 1 amide bonds. The molecule has 0 unspecified atom stereocenters. The maximum Gasteiger partial charge on any atom is 0.239 e. The smallest absolute Gasteiger partial charge is 0.239 e. The fourth-order valence-electron chi connectivity index (χ4n) is 1.24. The van der Waals surface area contributed by atoms with Gasteiger partial charge in [0.25, 0.3) is 0 Å². The zero-order valence-electron chi connectivity index (χ0n) is 10.4. The van der Waals surface area contributed by atoms with E-state index in [1.54, 1.807) is 14.2 Å². The Hall–Kier alpha value is -1.82. The first-order valence-corrected chi connectivity index (χ1v) is 5.91. The second kappa shape index (κ2) is 7.50. The molecule has 98 valence electrons. The highest BCUT2D eigenvalue weighted by Crippen LogP contribution is 2.10. The van der Waals surface area contributed by atoms with Crippen LogP contribution in [-0.4, -0.2) is 31.7 Å². The number of hydrogen-bond acceptors (Lipinski definition) is 3. The molecule has 0 bridgehead atoms. The number of likely N-dealkylation sites (N-methyl/N-ethyl adjacent to an activating group) is 1. The van der Waals surface area contributed by atoms with Crippen LogP contribution in [0.4, 0.5) is 0 Å². The number of methoxy groups -OCH3 is 1.